The first kappa shape index (κ1) is 19.7. The largest absolute Gasteiger partial charge is 0.445 e. The second kappa shape index (κ2) is 8.42. The molecule has 0 aliphatic carbocycles. The Morgan fingerprint density at radius 1 is 1.18 bits per heavy atom. The average molecular weight is 386 g/mol. The molecule has 0 unspecified atom stereocenters. The second-order valence-corrected chi connectivity index (χ2v) is 9.44. The number of nitrogens with one attached hydrogen (secondary N) is 1. The van der Waals surface area contributed by atoms with Gasteiger partial charge in [0, 0.05) is 37.6 Å². The first-order valence-electron chi connectivity index (χ1n) is 11.0. The van der Waals surface area contributed by atoms with E-state index in [4.69, 9.17) is 4.74 Å². The number of hydrogen-bond donors (Lipinski definition) is 1. The zero-order valence-corrected chi connectivity index (χ0v) is 17.4. The molecule has 3 aliphatic rings. The van der Waals surface area contributed by atoms with Crippen molar-refractivity contribution in [3.8, 4) is 0 Å². The Labute approximate surface area is 169 Å². The highest BCUT2D eigenvalue weighted by Crippen LogP contribution is 2.43. The van der Waals surface area contributed by atoms with Gasteiger partial charge in [0.25, 0.3) is 0 Å². The fraction of sp³-hybridized carbons (Fsp3) is 0.696. The monoisotopic (exact) mass is 385 g/mol. The molecule has 3 saturated heterocycles. The molecule has 4 rings (SSSR count). The van der Waals surface area contributed by atoms with Gasteiger partial charge in [-0.2, -0.15) is 0 Å². The standard InChI is InChI=1S/C23H35N3O2/c1-18(2)21(20-8-11-24-12-9-20)26-16-23(17-26)10-13-25(15-23)22(27)28-14-19-6-4-3-5-7-19/h3-7,18,20-21,24H,8-17H2,1-2H3/t21-/m1/s1. The summed E-state index contributed by atoms with van der Waals surface area (Å²) in [4.78, 5) is 17.1. The molecule has 0 aromatic heterocycles. The molecule has 3 fully saturated rings. The van der Waals surface area contributed by atoms with Crippen LogP contribution in [-0.4, -0.2) is 61.2 Å². The topological polar surface area (TPSA) is 44.8 Å². The Morgan fingerprint density at radius 3 is 2.57 bits per heavy atom. The number of benzene rings is 1. The van der Waals surface area contributed by atoms with Crippen molar-refractivity contribution in [3.63, 3.8) is 0 Å². The number of ether oxygens (including phenoxy) is 1. The molecule has 154 valence electrons. The van der Waals surface area contributed by atoms with Gasteiger partial charge in [-0.15, -0.1) is 0 Å². The maximum atomic E-state index is 12.5. The van der Waals surface area contributed by atoms with Crippen LogP contribution in [0, 0.1) is 17.3 Å². The Morgan fingerprint density at radius 2 is 1.89 bits per heavy atom. The normalized spacial score (nSPS) is 23.8. The van der Waals surface area contributed by atoms with E-state index in [0.29, 0.717) is 24.0 Å². The maximum absolute atomic E-state index is 12.5. The molecule has 1 aromatic carbocycles. The van der Waals surface area contributed by atoms with Crippen molar-refractivity contribution in [2.75, 3.05) is 39.3 Å². The predicted octanol–water partition coefficient (Wildman–Crippen LogP) is 3.36. The maximum Gasteiger partial charge on any atom is 0.410 e. The van der Waals surface area contributed by atoms with Crippen molar-refractivity contribution >= 4 is 6.09 Å². The summed E-state index contributed by atoms with van der Waals surface area (Å²) in [7, 11) is 0. The van der Waals surface area contributed by atoms with Gasteiger partial charge in [-0.05, 0) is 49.8 Å². The molecule has 3 heterocycles. The van der Waals surface area contributed by atoms with Crippen LogP contribution in [0.4, 0.5) is 4.79 Å². The van der Waals surface area contributed by atoms with Gasteiger partial charge in [0.15, 0.2) is 0 Å². The van der Waals surface area contributed by atoms with Crippen LogP contribution in [0.15, 0.2) is 30.3 Å². The third-order valence-electron chi connectivity index (χ3n) is 6.95. The highest BCUT2D eigenvalue weighted by Gasteiger charge is 2.51. The Balaban J connectivity index is 1.28. The summed E-state index contributed by atoms with van der Waals surface area (Å²) >= 11 is 0. The number of rotatable bonds is 5. The first-order chi connectivity index (χ1) is 13.6. The molecule has 3 aliphatic heterocycles. The van der Waals surface area contributed by atoms with Gasteiger partial charge in [0.05, 0.1) is 0 Å². The summed E-state index contributed by atoms with van der Waals surface area (Å²) in [5.41, 5.74) is 1.34. The summed E-state index contributed by atoms with van der Waals surface area (Å²) in [6.45, 7) is 11.4. The van der Waals surface area contributed by atoms with Crippen LogP contribution >= 0.6 is 0 Å². The lowest BCUT2D eigenvalue weighted by molar-refractivity contribution is -0.0605. The Kier molecular flexibility index (Phi) is 5.93. The molecule has 0 radical (unpaired) electrons. The third kappa shape index (κ3) is 4.20. The molecular formula is C23H35N3O2. The van der Waals surface area contributed by atoms with Crippen LogP contribution in [0.2, 0.25) is 0 Å². The van der Waals surface area contributed by atoms with E-state index in [1.807, 2.05) is 35.2 Å². The molecule has 1 amide bonds. The fourth-order valence-electron chi connectivity index (χ4n) is 5.64. The lowest BCUT2D eigenvalue weighted by Crippen LogP contribution is -2.64. The SMILES string of the molecule is CC(C)[C@H](C1CCNCC1)N1CC2(CCN(C(=O)OCc3ccccc3)C2)C1. The fourth-order valence-corrected chi connectivity index (χ4v) is 5.64. The number of hydrogen-bond acceptors (Lipinski definition) is 4. The van der Waals surface area contributed by atoms with E-state index >= 15 is 0 Å². The average Bonchev–Trinajstić information content (AvgIpc) is 3.13. The lowest BCUT2D eigenvalue weighted by Gasteiger charge is -2.55. The predicted molar refractivity (Wildman–Crippen MR) is 111 cm³/mol. The molecule has 1 spiro atoms. The van der Waals surface area contributed by atoms with Gasteiger partial charge in [0.1, 0.15) is 6.61 Å². The zero-order valence-electron chi connectivity index (χ0n) is 17.4. The van der Waals surface area contributed by atoms with Gasteiger partial charge in [-0.3, -0.25) is 4.90 Å². The van der Waals surface area contributed by atoms with Crippen LogP contribution in [0.25, 0.3) is 0 Å². The minimum atomic E-state index is -0.155. The smallest absolute Gasteiger partial charge is 0.410 e. The van der Waals surface area contributed by atoms with Crippen LogP contribution in [0.1, 0.15) is 38.7 Å². The van der Waals surface area contributed by atoms with Crippen molar-refractivity contribution < 1.29 is 9.53 Å². The van der Waals surface area contributed by atoms with Gasteiger partial charge < -0.3 is 15.0 Å². The lowest BCUT2D eigenvalue weighted by atomic mass is 9.73. The third-order valence-corrected chi connectivity index (χ3v) is 6.95. The molecule has 28 heavy (non-hydrogen) atoms. The number of likely N-dealkylation sites (tertiary alicyclic amines) is 2. The first-order valence-corrected chi connectivity index (χ1v) is 11.0. The summed E-state index contributed by atoms with van der Waals surface area (Å²) in [6, 6.07) is 10.6. The minimum Gasteiger partial charge on any atom is -0.445 e. The Hall–Kier alpha value is -1.59. The van der Waals surface area contributed by atoms with Crippen LogP contribution < -0.4 is 5.32 Å². The van der Waals surface area contributed by atoms with E-state index in [9.17, 15) is 4.79 Å². The second-order valence-electron chi connectivity index (χ2n) is 9.44. The molecule has 1 atom stereocenters. The molecule has 1 N–H and O–H groups in total. The highest BCUT2D eigenvalue weighted by atomic mass is 16.6. The molecule has 1 aromatic rings. The summed E-state index contributed by atoms with van der Waals surface area (Å²) in [5, 5.41) is 3.50. The van der Waals surface area contributed by atoms with E-state index in [1.54, 1.807) is 0 Å². The van der Waals surface area contributed by atoms with Crippen molar-refractivity contribution in [3.05, 3.63) is 35.9 Å². The number of amides is 1. The van der Waals surface area contributed by atoms with Gasteiger partial charge in [0.2, 0.25) is 0 Å². The van der Waals surface area contributed by atoms with Gasteiger partial charge in [-0.25, -0.2) is 4.79 Å². The summed E-state index contributed by atoms with van der Waals surface area (Å²) < 4.78 is 5.55. The van der Waals surface area contributed by atoms with E-state index in [1.165, 1.54) is 12.8 Å². The molecule has 0 saturated carbocycles. The highest BCUT2D eigenvalue weighted by molar-refractivity contribution is 5.68. The quantitative estimate of drug-likeness (QED) is 0.844. The molecule has 0 bridgehead atoms. The van der Waals surface area contributed by atoms with Crippen LogP contribution in [0.5, 0.6) is 0 Å². The van der Waals surface area contributed by atoms with Gasteiger partial charge in [-0.1, -0.05) is 44.2 Å². The van der Waals surface area contributed by atoms with Crippen LogP contribution in [-0.2, 0) is 11.3 Å². The number of carbonyl (C=O) groups is 1. The number of nitrogens with zero attached hydrogens (tertiary/aromatic N) is 2. The molecule has 5 heteroatoms. The van der Waals surface area contributed by atoms with Crippen molar-refractivity contribution in [2.24, 2.45) is 17.3 Å². The van der Waals surface area contributed by atoms with E-state index < -0.39 is 0 Å². The molecule has 5 nitrogen and oxygen atoms in total. The zero-order chi connectivity index (χ0) is 19.6. The number of piperidine rings is 1. The van der Waals surface area contributed by atoms with Crippen molar-refractivity contribution in [1.82, 2.24) is 15.1 Å². The summed E-state index contributed by atoms with van der Waals surface area (Å²) in [6.07, 6.45) is 3.55. The van der Waals surface area contributed by atoms with E-state index in [2.05, 4.69) is 24.1 Å². The van der Waals surface area contributed by atoms with Crippen molar-refractivity contribution in [2.45, 2.75) is 45.8 Å². The van der Waals surface area contributed by atoms with E-state index in [-0.39, 0.29) is 6.09 Å². The van der Waals surface area contributed by atoms with Gasteiger partial charge >= 0.3 is 6.09 Å². The Bertz CT molecular complexity index is 651. The van der Waals surface area contributed by atoms with Crippen molar-refractivity contribution in [1.29, 1.82) is 0 Å². The van der Waals surface area contributed by atoms with Crippen LogP contribution in [0.3, 0.4) is 0 Å². The molecular weight excluding hydrogens is 350 g/mol. The summed E-state index contributed by atoms with van der Waals surface area (Å²) in [5.74, 6) is 1.50. The van der Waals surface area contributed by atoms with E-state index in [0.717, 1.165) is 57.2 Å². The number of carbonyl (C=O) groups excluding carboxylic acids is 1. The minimum absolute atomic E-state index is 0.155.